The van der Waals surface area contributed by atoms with Crippen molar-refractivity contribution in [2.24, 2.45) is 0 Å². The van der Waals surface area contributed by atoms with Gasteiger partial charge in [0.1, 0.15) is 5.56 Å². The lowest BCUT2D eigenvalue weighted by Gasteiger charge is -2.11. The highest BCUT2D eigenvalue weighted by Crippen LogP contribution is 2.20. The SMILES string of the molecule is O=C(NCc1nc(-c2ccncc2)no1)c1cccnc1OCC(F)(F)F. The predicted molar refractivity (Wildman–Crippen MR) is 84.5 cm³/mol. The van der Waals surface area contributed by atoms with Crippen molar-refractivity contribution in [2.45, 2.75) is 12.7 Å². The molecule has 0 atom stereocenters. The molecular formula is C16H12F3N5O3. The van der Waals surface area contributed by atoms with Gasteiger partial charge < -0.3 is 14.6 Å². The Morgan fingerprint density at radius 3 is 2.70 bits per heavy atom. The fourth-order valence-electron chi connectivity index (χ4n) is 2.02. The molecule has 0 spiro atoms. The maximum Gasteiger partial charge on any atom is 0.422 e. The molecule has 0 unspecified atom stereocenters. The van der Waals surface area contributed by atoms with Crippen molar-refractivity contribution in [1.29, 1.82) is 0 Å². The highest BCUT2D eigenvalue weighted by molar-refractivity contribution is 5.96. The number of ether oxygens (including phenoxy) is 1. The quantitative estimate of drug-likeness (QED) is 0.701. The normalized spacial score (nSPS) is 11.2. The maximum absolute atomic E-state index is 12.3. The van der Waals surface area contributed by atoms with Crippen LogP contribution in [0.4, 0.5) is 13.2 Å². The van der Waals surface area contributed by atoms with Gasteiger partial charge >= 0.3 is 6.18 Å². The van der Waals surface area contributed by atoms with E-state index in [1.165, 1.54) is 18.3 Å². The molecule has 1 N–H and O–H groups in total. The maximum atomic E-state index is 12.3. The number of alkyl halides is 3. The van der Waals surface area contributed by atoms with Gasteiger partial charge in [-0.2, -0.15) is 18.2 Å². The van der Waals surface area contributed by atoms with Crippen LogP contribution in [-0.4, -0.2) is 38.8 Å². The standard InChI is InChI=1S/C16H12F3N5O3/c17-16(18,19)9-26-15-11(2-1-5-21-15)14(25)22-8-12-23-13(24-27-12)10-3-6-20-7-4-10/h1-7H,8-9H2,(H,22,25). The van der Waals surface area contributed by atoms with E-state index in [2.05, 4.69) is 30.2 Å². The molecule has 27 heavy (non-hydrogen) atoms. The van der Waals surface area contributed by atoms with Crippen molar-refractivity contribution >= 4 is 5.91 Å². The Kier molecular flexibility index (Phi) is 5.29. The number of pyridine rings is 2. The zero-order chi connectivity index (χ0) is 19.3. The van der Waals surface area contributed by atoms with Crippen molar-refractivity contribution in [3.8, 4) is 17.3 Å². The van der Waals surface area contributed by atoms with Gasteiger partial charge in [0.05, 0.1) is 6.54 Å². The van der Waals surface area contributed by atoms with Gasteiger partial charge in [-0.15, -0.1) is 0 Å². The molecule has 0 aromatic carbocycles. The molecule has 0 aliphatic rings. The second-order valence-electron chi connectivity index (χ2n) is 5.19. The zero-order valence-electron chi connectivity index (χ0n) is 13.6. The van der Waals surface area contributed by atoms with Crippen LogP contribution >= 0.6 is 0 Å². The van der Waals surface area contributed by atoms with Crippen LogP contribution < -0.4 is 10.1 Å². The summed E-state index contributed by atoms with van der Waals surface area (Å²) in [5.41, 5.74) is 0.539. The summed E-state index contributed by atoms with van der Waals surface area (Å²) in [5, 5.41) is 6.25. The lowest BCUT2D eigenvalue weighted by Crippen LogP contribution is -2.25. The van der Waals surface area contributed by atoms with Crippen LogP contribution in [0.15, 0.2) is 47.4 Å². The number of amides is 1. The van der Waals surface area contributed by atoms with Crippen LogP contribution in [0.1, 0.15) is 16.2 Å². The Morgan fingerprint density at radius 2 is 1.96 bits per heavy atom. The van der Waals surface area contributed by atoms with Gasteiger partial charge in [-0.1, -0.05) is 5.16 Å². The van der Waals surface area contributed by atoms with Gasteiger partial charge in [0.2, 0.25) is 17.6 Å². The molecule has 3 aromatic rings. The highest BCUT2D eigenvalue weighted by Gasteiger charge is 2.29. The molecule has 1 amide bonds. The highest BCUT2D eigenvalue weighted by atomic mass is 19.4. The summed E-state index contributed by atoms with van der Waals surface area (Å²) >= 11 is 0. The van der Waals surface area contributed by atoms with Crippen LogP contribution in [0.2, 0.25) is 0 Å². The van der Waals surface area contributed by atoms with Gasteiger partial charge in [-0.3, -0.25) is 9.78 Å². The molecule has 3 heterocycles. The minimum absolute atomic E-state index is 0.121. The molecule has 0 aliphatic carbocycles. The van der Waals surface area contributed by atoms with E-state index in [4.69, 9.17) is 4.52 Å². The van der Waals surface area contributed by atoms with Crippen LogP contribution in [0, 0.1) is 0 Å². The third-order valence-electron chi connectivity index (χ3n) is 3.20. The van der Waals surface area contributed by atoms with Crippen molar-refractivity contribution < 1.29 is 27.2 Å². The van der Waals surface area contributed by atoms with Crippen LogP contribution in [-0.2, 0) is 6.54 Å². The summed E-state index contributed by atoms with van der Waals surface area (Å²) in [6.45, 7) is -1.67. The molecule has 0 bridgehead atoms. The lowest BCUT2D eigenvalue weighted by molar-refractivity contribution is -0.154. The van der Waals surface area contributed by atoms with Crippen molar-refractivity contribution in [1.82, 2.24) is 25.4 Å². The molecule has 140 valence electrons. The third kappa shape index (κ3) is 5.00. The van der Waals surface area contributed by atoms with E-state index in [9.17, 15) is 18.0 Å². The van der Waals surface area contributed by atoms with Crippen LogP contribution in [0.3, 0.4) is 0 Å². The van der Waals surface area contributed by atoms with Crippen molar-refractivity contribution in [3.63, 3.8) is 0 Å². The first kappa shape index (κ1) is 18.3. The van der Waals surface area contributed by atoms with Gasteiger partial charge in [0.25, 0.3) is 5.91 Å². The number of hydrogen-bond donors (Lipinski definition) is 1. The van der Waals surface area contributed by atoms with E-state index in [1.807, 2.05) is 0 Å². The number of carbonyl (C=O) groups is 1. The number of nitrogens with one attached hydrogen (secondary N) is 1. The number of aromatic nitrogens is 4. The summed E-state index contributed by atoms with van der Waals surface area (Å²) in [6, 6.07) is 6.08. The topological polar surface area (TPSA) is 103 Å². The molecular weight excluding hydrogens is 367 g/mol. The van der Waals surface area contributed by atoms with Crippen LogP contribution in [0.5, 0.6) is 5.88 Å². The summed E-state index contributed by atoms with van der Waals surface area (Å²) in [7, 11) is 0. The monoisotopic (exact) mass is 379 g/mol. The van der Waals surface area contributed by atoms with Gasteiger partial charge in [0, 0.05) is 24.2 Å². The minimum atomic E-state index is -4.54. The van der Waals surface area contributed by atoms with Gasteiger partial charge in [0.15, 0.2) is 6.61 Å². The van der Waals surface area contributed by atoms with E-state index in [0.29, 0.717) is 11.4 Å². The molecule has 8 nitrogen and oxygen atoms in total. The Hall–Kier alpha value is -3.50. The van der Waals surface area contributed by atoms with Gasteiger partial charge in [-0.05, 0) is 24.3 Å². The molecule has 0 fully saturated rings. The average molecular weight is 379 g/mol. The van der Waals surface area contributed by atoms with Gasteiger partial charge in [-0.25, -0.2) is 4.98 Å². The summed E-state index contributed by atoms with van der Waals surface area (Å²) in [6.07, 6.45) is -0.185. The Bertz CT molecular complexity index is 915. The van der Waals surface area contributed by atoms with Crippen molar-refractivity contribution in [2.75, 3.05) is 6.61 Å². The van der Waals surface area contributed by atoms with E-state index in [-0.39, 0.29) is 18.0 Å². The number of carbonyl (C=O) groups excluding carboxylic acids is 1. The smallest absolute Gasteiger partial charge is 0.422 e. The summed E-state index contributed by atoms with van der Waals surface area (Å²) in [4.78, 5) is 23.9. The Balaban J connectivity index is 1.64. The molecule has 0 aliphatic heterocycles. The van der Waals surface area contributed by atoms with E-state index in [1.54, 1.807) is 24.5 Å². The zero-order valence-corrected chi connectivity index (χ0v) is 13.6. The second-order valence-corrected chi connectivity index (χ2v) is 5.19. The molecule has 11 heteroatoms. The largest absolute Gasteiger partial charge is 0.467 e. The minimum Gasteiger partial charge on any atom is -0.467 e. The first-order valence-electron chi connectivity index (χ1n) is 7.58. The number of hydrogen-bond acceptors (Lipinski definition) is 7. The van der Waals surface area contributed by atoms with E-state index in [0.717, 1.165) is 0 Å². The second kappa shape index (κ2) is 7.81. The third-order valence-corrected chi connectivity index (χ3v) is 3.20. The fourth-order valence-corrected chi connectivity index (χ4v) is 2.02. The van der Waals surface area contributed by atoms with E-state index >= 15 is 0 Å². The Morgan fingerprint density at radius 1 is 1.19 bits per heavy atom. The molecule has 0 saturated heterocycles. The summed E-state index contributed by atoms with van der Waals surface area (Å²) in [5.74, 6) is -0.673. The summed E-state index contributed by atoms with van der Waals surface area (Å²) < 4.78 is 46.5. The lowest BCUT2D eigenvalue weighted by atomic mass is 10.2. The molecule has 3 aromatic heterocycles. The fraction of sp³-hybridized carbons (Fsp3) is 0.188. The molecule has 0 radical (unpaired) electrons. The first-order chi connectivity index (χ1) is 12.9. The van der Waals surface area contributed by atoms with Crippen LogP contribution in [0.25, 0.3) is 11.4 Å². The Labute approximate surface area is 150 Å². The predicted octanol–water partition coefficient (Wildman–Crippen LogP) is 2.40. The number of nitrogens with zero attached hydrogens (tertiary/aromatic N) is 4. The molecule has 0 saturated carbocycles. The number of halogens is 3. The van der Waals surface area contributed by atoms with Crippen molar-refractivity contribution in [3.05, 3.63) is 54.3 Å². The molecule has 3 rings (SSSR count). The number of rotatable bonds is 6. The van der Waals surface area contributed by atoms with E-state index < -0.39 is 24.6 Å². The average Bonchev–Trinajstić information content (AvgIpc) is 3.14. The first-order valence-corrected chi connectivity index (χ1v) is 7.58.